The van der Waals surface area contributed by atoms with Gasteiger partial charge in [0.05, 0.1) is 11.0 Å². The van der Waals surface area contributed by atoms with Crippen LogP contribution in [0.2, 0.25) is 0 Å². The minimum atomic E-state index is -0.229. The zero-order valence-electron chi connectivity index (χ0n) is 11.2. The molecule has 1 aliphatic heterocycles. The number of imidazole rings is 1. The van der Waals surface area contributed by atoms with Gasteiger partial charge >= 0.3 is 0 Å². The van der Waals surface area contributed by atoms with Crippen molar-refractivity contribution in [1.82, 2.24) is 9.66 Å². The largest absolute Gasteiger partial charge is 0.329 e. The van der Waals surface area contributed by atoms with Gasteiger partial charge in [0.1, 0.15) is 5.82 Å². The van der Waals surface area contributed by atoms with E-state index in [9.17, 15) is 4.39 Å². The summed E-state index contributed by atoms with van der Waals surface area (Å²) in [5, 5.41) is 2.28. The Labute approximate surface area is 117 Å². The maximum absolute atomic E-state index is 13.5. The molecule has 0 spiro atoms. The van der Waals surface area contributed by atoms with Gasteiger partial charge in [-0.3, -0.25) is 0 Å². The summed E-state index contributed by atoms with van der Waals surface area (Å²) in [5.41, 5.74) is 1.71. The Hall–Kier alpha value is -1.36. The summed E-state index contributed by atoms with van der Waals surface area (Å²) >= 11 is 5.43. The molecule has 0 saturated carbocycles. The van der Waals surface area contributed by atoms with Gasteiger partial charge in [0.25, 0.3) is 0 Å². The Morgan fingerprint density at radius 2 is 1.95 bits per heavy atom. The van der Waals surface area contributed by atoms with E-state index in [4.69, 9.17) is 12.2 Å². The molecular formula is C14H18FN3S. The number of halogens is 1. The first kappa shape index (κ1) is 12.7. The maximum atomic E-state index is 13.5. The molecule has 3 rings (SSSR count). The first-order valence-corrected chi connectivity index (χ1v) is 7.17. The molecule has 2 unspecified atom stereocenters. The molecule has 1 N–H and O–H groups in total. The highest BCUT2D eigenvalue weighted by Crippen LogP contribution is 2.25. The summed E-state index contributed by atoms with van der Waals surface area (Å²) in [4.78, 5) is 3.16. The zero-order chi connectivity index (χ0) is 13.6. The first-order valence-electron chi connectivity index (χ1n) is 6.77. The highest BCUT2D eigenvalue weighted by atomic mass is 32.1. The Morgan fingerprint density at radius 1 is 1.26 bits per heavy atom. The highest BCUT2D eigenvalue weighted by molar-refractivity contribution is 7.71. The molecule has 5 heteroatoms. The van der Waals surface area contributed by atoms with Crippen molar-refractivity contribution in [3.63, 3.8) is 0 Å². The maximum Gasteiger partial charge on any atom is 0.197 e. The van der Waals surface area contributed by atoms with Crippen LogP contribution in [0.25, 0.3) is 11.0 Å². The number of nitrogens with one attached hydrogen (secondary N) is 1. The number of H-pyrrole nitrogens is 1. The molecule has 3 nitrogen and oxygen atoms in total. The SMILES string of the molecule is CC1CCCC(C)N1n1c(=S)[nH]c2ccc(F)cc21. The summed E-state index contributed by atoms with van der Waals surface area (Å²) in [6.45, 7) is 4.41. The number of aromatic amines is 1. The van der Waals surface area contributed by atoms with Crippen LogP contribution in [-0.2, 0) is 0 Å². The number of hydrogen-bond acceptors (Lipinski definition) is 2. The van der Waals surface area contributed by atoms with Gasteiger partial charge in [-0.2, -0.15) is 0 Å². The minimum absolute atomic E-state index is 0.229. The molecule has 2 atom stereocenters. The van der Waals surface area contributed by atoms with Gasteiger partial charge in [-0.15, -0.1) is 0 Å². The fraction of sp³-hybridized carbons (Fsp3) is 0.500. The van der Waals surface area contributed by atoms with E-state index in [2.05, 4.69) is 23.8 Å². The van der Waals surface area contributed by atoms with Gasteiger partial charge in [-0.25, -0.2) is 9.07 Å². The standard InChI is InChI=1S/C14H18FN3S/c1-9-4-3-5-10(2)17(9)18-13-8-11(15)6-7-12(13)16-14(18)19/h6-10H,3-5H2,1-2H3,(H,16,19). The molecule has 1 fully saturated rings. The molecule has 1 aromatic heterocycles. The predicted molar refractivity (Wildman–Crippen MR) is 78.1 cm³/mol. The highest BCUT2D eigenvalue weighted by Gasteiger charge is 2.26. The Morgan fingerprint density at radius 3 is 2.63 bits per heavy atom. The van der Waals surface area contributed by atoms with Crippen molar-refractivity contribution in [1.29, 1.82) is 0 Å². The van der Waals surface area contributed by atoms with E-state index in [0.717, 1.165) is 23.9 Å². The van der Waals surface area contributed by atoms with Crippen LogP contribution >= 0.6 is 12.2 Å². The van der Waals surface area contributed by atoms with Crippen LogP contribution in [0.4, 0.5) is 4.39 Å². The van der Waals surface area contributed by atoms with E-state index < -0.39 is 0 Å². The summed E-state index contributed by atoms with van der Waals surface area (Å²) in [6.07, 6.45) is 3.53. The van der Waals surface area contributed by atoms with Crippen LogP contribution in [0.3, 0.4) is 0 Å². The smallest absolute Gasteiger partial charge is 0.197 e. The molecule has 2 heterocycles. The third-order valence-corrected chi connectivity index (χ3v) is 4.27. The Kier molecular flexibility index (Phi) is 3.09. The van der Waals surface area contributed by atoms with Crippen LogP contribution in [0.5, 0.6) is 0 Å². The van der Waals surface area contributed by atoms with Crippen LogP contribution in [0, 0.1) is 10.6 Å². The lowest BCUT2D eigenvalue weighted by Gasteiger charge is -2.41. The minimum Gasteiger partial charge on any atom is -0.329 e. The summed E-state index contributed by atoms with van der Waals surface area (Å²) in [5.74, 6) is -0.229. The van der Waals surface area contributed by atoms with Crippen molar-refractivity contribution in [2.75, 3.05) is 5.01 Å². The van der Waals surface area contributed by atoms with Gasteiger partial charge in [-0.05, 0) is 57.5 Å². The van der Waals surface area contributed by atoms with E-state index in [1.54, 1.807) is 12.1 Å². The second-order valence-electron chi connectivity index (χ2n) is 5.41. The van der Waals surface area contributed by atoms with Crippen molar-refractivity contribution in [2.24, 2.45) is 0 Å². The van der Waals surface area contributed by atoms with Crippen molar-refractivity contribution in [3.05, 3.63) is 28.8 Å². The number of fused-ring (bicyclic) bond motifs is 1. The van der Waals surface area contributed by atoms with E-state index in [-0.39, 0.29) is 5.82 Å². The lowest BCUT2D eigenvalue weighted by molar-refractivity contribution is 0.339. The van der Waals surface area contributed by atoms with Crippen LogP contribution in [0.1, 0.15) is 33.1 Å². The van der Waals surface area contributed by atoms with E-state index >= 15 is 0 Å². The number of piperidine rings is 1. The number of rotatable bonds is 1. The lowest BCUT2D eigenvalue weighted by Crippen LogP contribution is -2.51. The molecule has 102 valence electrons. The normalized spacial score (nSPS) is 24.1. The van der Waals surface area contributed by atoms with E-state index in [1.807, 2.05) is 4.68 Å². The average Bonchev–Trinajstić information content (AvgIpc) is 2.66. The molecular weight excluding hydrogens is 261 g/mol. The first-order chi connectivity index (χ1) is 9.08. The molecule has 1 aliphatic rings. The van der Waals surface area contributed by atoms with Gasteiger partial charge in [0.2, 0.25) is 0 Å². The number of hydrogen-bond donors (Lipinski definition) is 1. The van der Waals surface area contributed by atoms with Gasteiger partial charge in [0, 0.05) is 18.2 Å². The van der Waals surface area contributed by atoms with Crippen molar-refractivity contribution < 1.29 is 4.39 Å². The zero-order valence-corrected chi connectivity index (χ0v) is 12.0. The molecule has 2 aromatic rings. The van der Waals surface area contributed by atoms with Crippen molar-refractivity contribution in [2.45, 2.75) is 45.2 Å². The molecule has 19 heavy (non-hydrogen) atoms. The average molecular weight is 279 g/mol. The molecule has 0 aliphatic carbocycles. The monoisotopic (exact) mass is 279 g/mol. The van der Waals surface area contributed by atoms with Crippen molar-refractivity contribution in [3.8, 4) is 0 Å². The van der Waals surface area contributed by atoms with Crippen LogP contribution in [-0.4, -0.2) is 21.7 Å². The second-order valence-corrected chi connectivity index (χ2v) is 5.80. The summed E-state index contributed by atoms with van der Waals surface area (Å²) < 4.78 is 16.1. The van der Waals surface area contributed by atoms with E-state index in [1.165, 1.54) is 12.5 Å². The van der Waals surface area contributed by atoms with Gasteiger partial charge in [-0.1, -0.05) is 0 Å². The number of nitrogens with zero attached hydrogens (tertiary/aromatic N) is 2. The fourth-order valence-electron chi connectivity index (χ4n) is 3.09. The van der Waals surface area contributed by atoms with Crippen LogP contribution < -0.4 is 5.01 Å². The second kappa shape index (κ2) is 4.63. The van der Waals surface area contributed by atoms with Crippen LogP contribution in [0.15, 0.2) is 18.2 Å². The summed E-state index contributed by atoms with van der Waals surface area (Å²) in [6, 6.07) is 5.59. The summed E-state index contributed by atoms with van der Waals surface area (Å²) in [7, 11) is 0. The third kappa shape index (κ3) is 2.06. The fourth-order valence-corrected chi connectivity index (χ4v) is 3.40. The lowest BCUT2D eigenvalue weighted by atomic mass is 10.00. The molecule has 1 aromatic carbocycles. The Bertz CT molecular complexity index is 650. The molecule has 1 saturated heterocycles. The van der Waals surface area contributed by atoms with Gasteiger partial charge in [0.15, 0.2) is 4.77 Å². The molecule has 0 bridgehead atoms. The molecule has 0 amide bonds. The quantitative estimate of drug-likeness (QED) is 0.804. The van der Waals surface area contributed by atoms with Crippen molar-refractivity contribution >= 4 is 23.3 Å². The van der Waals surface area contributed by atoms with Gasteiger partial charge < -0.3 is 9.99 Å². The topological polar surface area (TPSA) is 24.0 Å². The third-order valence-electron chi connectivity index (χ3n) is 4.00. The molecule has 0 radical (unpaired) electrons. The number of benzene rings is 1. The predicted octanol–water partition coefficient (Wildman–Crippen LogP) is 3.74. The van der Waals surface area contributed by atoms with E-state index in [0.29, 0.717) is 16.9 Å². The number of aromatic nitrogens is 2. The Balaban J connectivity index is 2.20.